The molecule has 0 fully saturated rings. The lowest BCUT2D eigenvalue weighted by Crippen LogP contribution is -2.38. The number of amides is 2. The molecule has 0 bridgehead atoms. The molecule has 6 heteroatoms. The van der Waals surface area contributed by atoms with Crippen molar-refractivity contribution in [1.82, 2.24) is 10.6 Å². The van der Waals surface area contributed by atoms with Crippen LogP contribution in [0.5, 0.6) is 5.75 Å². The summed E-state index contributed by atoms with van der Waals surface area (Å²) in [6.07, 6.45) is 2.08. The Morgan fingerprint density at radius 1 is 1.09 bits per heavy atom. The molecule has 0 aliphatic rings. The Hall–Kier alpha value is -2.08. The second kappa shape index (κ2) is 10.6. The van der Waals surface area contributed by atoms with Crippen molar-refractivity contribution in [2.24, 2.45) is 0 Å². The van der Waals surface area contributed by atoms with E-state index >= 15 is 0 Å². The zero-order valence-corrected chi connectivity index (χ0v) is 13.2. The van der Waals surface area contributed by atoms with Crippen molar-refractivity contribution >= 4 is 11.8 Å². The standard InChI is InChI=1S/C16H24N2O4/c1-3-4-10-22-14-7-5-13(6-8-14)16(20)18-12-15(19)17-9-11-21-2/h5-8H,3-4,9-12H2,1-2H3,(H,17,19)(H,18,20). The van der Waals surface area contributed by atoms with Crippen LogP contribution in [-0.4, -0.2) is 45.2 Å². The lowest BCUT2D eigenvalue weighted by molar-refractivity contribution is -0.120. The van der Waals surface area contributed by atoms with Gasteiger partial charge in [-0.25, -0.2) is 0 Å². The highest BCUT2D eigenvalue weighted by atomic mass is 16.5. The van der Waals surface area contributed by atoms with Crippen LogP contribution in [0.3, 0.4) is 0 Å². The lowest BCUT2D eigenvalue weighted by atomic mass is 10.2. The third-order valence-corrected chi connectivity index (χ3v) is 2.92. The molecule has 1 aromatic rings. The molecule has 0 aliphatic carbocycles. The first-order valence-corrected chi connectivity index (χ1v) is 7.44. The third kappa shape index (κ3) is 7.08. The minimum atomic E-state index is -0.290. The topological polar surface area (TPSA) is 76.7 Å². The number of nitrogens with one attached hydrogen (secondary N) is 2. The molecule has 0 aliphatic heterocycles. The molecule has 1 aromatic carbocycles. The predicted octanol–water partition coefficient (Wildman–Crippen LogP) is 1.36. The van der Waals surface area contributed by atoms with Crippen molar-refractivity contribution in [3.05, 3.63) is 29.8 Å². The second-order valence-corrected chi connectivity index (χ2v) is 4.75. The van der Waals surface area contributed by atoms with Crippen LogP contribution in [0.25, 0.3) is 0 Å². The number of benzene rings is 1. The highest BCUT2D eigenvalue weighted by Crippen LogP contribution is 2.12. The molecule has 0 aromatic heterocycles. The van der Waals surface area contributed by atoms with Gasteiger partial charge in [-0.15, -0.1) is 0 Å². The van der Waals surface area contributed by atoms with E-state index in [0.717, 1.165) is 18.6 Å². The fourth-order valence-electron chi connectivity index (χ4n) is 1.65. The molecule has 122 valence electrons. The van der Waals surface area contributed by atoms with Crippen molar-refractivity contribution in [2.45, 2.75) is 19.8 Å². The van der Waals surface area contributed by atoms with Gasteiger partial charge < -0.3 is 20.1 Å². The van der Waals surface area contributed by atoms with E-state index in [1.54, 1.807) is 31.4 Å². The van der Waals surface area contributed by atoms with E-state index in [-0.39, 0.29) is 18.4 Å². The van der Waals surface area contributed by atoms with Crippen LogP contribution in [-0.2, 0) is 9.53 Å². The summed E-state index contributed by atoms with van der Waals surface area (Å²) in [4.78, 5) is 23.3. The van der Waals surface area contributed by atoms with Crippen molar-refractivity contribution in [3.8, 4) is 5.75 Å². The number of rotatable bonds is 10. The molecule has 22 heavy (non-hydrogen) atoms. The Morgan fingerprint density at radius 2 is 1.82 bits per heavy atom. The van der Waals surface area contributed by atoms with Gasteiger partial charge in [0.15, 0.2) is 0 Å². The molecular weight excluding hydrogens is 284 g/mol. The number of hydrogen-bond donors (Lipinski definition) is 2. The summed E-state index contributed by atoms with van der Waals surface area (Å²) in [5.74, 6) is 0.203. The molecule has 0 heterocycles. The van der Waals surface area contributed by atoms with Crippen molar-refractivity contribution in [3.63, 3.8) is 0 Å². The molecule has 1 rings (SSSR count). The summed E-state index contributed by atoms with van der Waals surface area (Å²) in [5, 5.41) is 5.19. The summed E-state index contributed by atoms with van der Waals surface area (Å²) in [5.41, 5.74) is 0.493. The van der Waals surface area contributed by atoms with Crippen LogP contribution in [0, 0.1) is 0 Å². The molecule has 0 atom stereocenters. The Bertz CT molecular complexity index is 460. The van der Waals surface area contributed by atoms with Crippen molar-refractivity contribution < 1.29 is 19.1 Å². The quantitative estimate of drug-likeness (QED) is 0.640. The number of methoxy groups -OCH3 is 1. The van der Waals surface area contributed by atoms with E-state index in [1.165, 1.54) is 0 Å². The highest BCUT2D eigenvalue weighted by Gasteiger charge is 2.07. The first-order valence-electron chi connectivity index (χ1n) is 7.44. The van der Waals surface area contributed by atoms with Crippen molar-refractivity contribution in [1.29, 1.82) is 0 Å². The lowest BCUT2D eigenvalue weighted by Gasteiger charge is -2.08. The summed E-state index contributed by atoms with van der Waals surface area (Å²) in [6, 6.07) is 6.87. The van der Waals surface area contributed by atoms with Gasteiger partial charge in [-0.2, -0.15) is 0 Å². The summed E-state index contributed by atoms with van der Waals surface area (Å²) >= 11 is 0. The first kappa shape index (κ1) is 18.0. The Balaban J connectivity index is 2.34. The number of carbonyl (C=O) groups is 2. The molecule has 0 unspecified atom stereocenters. The Morgan fingerprint density at radius 3 is 2.45 bits per heavy atom. The number of ether oxygens (including phenoxy) is 2. The Kier molecular flexibility index (Phi) is 8.67. The van der Waals surface area contributed by atoms with Crippen LogP contribution in [0.2, 0.25) is 0 Å². The van der Waals surface area contributed by atoms with Gasteiger partial charge in [-0.1, -0.05) is 13.3 Å². The maximum absolute atomic E-state index is 11.9. The van der Waals surface area contributed by atoms with Gasteiger partial charge in [0.1, 0.15) is 5.75 Å². The zero-order chi connectivity index (χ0) is 16.2. The average molecular weight is 308 g/mol. The molecule has 0 saturated heterocycles. The van der Waals surface area contributed by atoms with Crippen LogP contribution >= 0.6 is 0 Å². The Labute approximate surface area is 131 Å². The maximum Gasteiger partial charge on any atom is 0.251 e. The highest BCUT2D eigenvalue weighted by molar-refractivity contribution is 5.96. The molecule has 2 N–H and O–H groups in total. The molecule has 6 nitrogen and oxygen atoms in total. The van der Waals surface area contributed by atoms with Crippen LogP contribution in [0.1, 0.15) is 30.1 Å². The summed E-state index contributed by atoms with van der Waals surface area (Å²) in [7, 11) is 1.56. The van der Waals surface area contributed by atoms with Crippen LogP contribution in [0.4, 0.5) is 0 Å². The van der Waals surface area contributed by atoms with E-state index in [2.05, 4.69) is 17.6 Å². The van der Waals surface area contributed by atoms with Crippen molar-refractivity contribution in [2.75, 3.05) is 33.4 Å². The van der Waals surface area contributed by atoms with Gasteiger partial charge in [0.25, 0.3) is 5.91 Å². The van der Waals surface area contributed by atoms with E-state index in [4.69, 9.17) is 9.47 Å². The van der Waals surface area contributed by atoms with Crippen LogP contribution < -0.4 is 15.4 Å². The number of unbranched alkanes of at least 4 members (excludes halogenated alkanes) is 1. The molecular formula is C16H24N2O4. The SMILES string of the molecule is CCCCOc1ccc(C(=O)NCC(=O)NCCOC)cc1. The second-order valence-electron chi connectivity index (χ2n) is 4.75. The minimum Gasteiger partial charge on any atom is -0.494 e. The molecule has 2 amide bonds. The van der Waals surface area contributed by atoms with Gasteiger partial charge >= 0.3 is 0 Å². The monoisotopic (exact) mass is 308 g/mol. The molecule has 0 spiro atoms. The fraction of sp³-hybridized carbons (Fsp3) is 0.500. The number of hydrogen-bond acceptors (Lipinski definition) is 4. The van der Waals surface area contributed by atoms with Crippen LogP contribution in [0.15, 0.2) is 24.3 Å². The zero-order valence-electron chi connectivity index (χ0n) is 13.2. The van der Waals surface area contributed by atoms with E-state index in [1.807, 2.05) is 0 Å². The largest absolute Gasteiger partial charge is 0.494 e. The molecule has 0 radical (unpaired) electrons. The van der Waals surface area contributed by atoms with Gasteiger partial charge in [0.2, 0.25) is 5.91 Å². The first-order chi connectivity index (χ1) is 10.7. The van der Waals surface area contributed by atoms with Gasteiger partial charge in [-0.3, -0.25) is 9.59 Å². The third-order valence-electron chi connectivity index (χ3n) is 2.92. The number of carbonyl (C=O) groups excluding carboxylic acids is 2. The van der Waals surface area contributed by atoms with Gasteiger partial charge in [0, 0.05) is 19.2 Å². The van der Waals surface area contributed by atoms with E-state index in [0.29, 0.717) is 25.3 Å². The van der Waals surface area contributed by atoms with E-state index in [9.17, 15) is 9.59 Å². The normalized spacial score (nSPS) is 10.1. The van der Waals surface area contributed by atoms with Gasteiger partial charge in [-0.05, 0) is 30.7 Å². The van der Waals surface area contributed by atoms with E-state index < -0.39 is 0 Å². The maximum atomic E-state index is 11.9. The summed E-state index contributed by atoms with van der Waals surface area (Å²) in [6.45, 7) is 3.58. The minimum absolute atomic E-state index is 0.0582. The smallest absolute Gasteiger partial charge is 0.251 e. The van der Waals surface area contributed by atoms with Gasteiger partial charge in [0.05, 0.1) is 19.8 Å². The summed E-state index contributed by atoms with van der Waals surface area (Å²) < 4.78 is 10.3. The molecule has 0 saturated carbocycles. The average Bonchev–Trinajstić information content (AvgIpc) is 2.54. The fourth-order valence-corrected chi connectivity index (χ4v) is 1.65. The predicted molar refractivity (Wildman–Crippen MR) is 84.1 cm³/mol.